The number of hydrogen-bond donors (Lipinski definition) is 1. The second-order valence-electron chi connectivity index (χ2n) is 3.91. The van der Waals surface area contributed by atoms with E-state index in [1.54, 1.807) is 6.92 Å². The van der Waals surface area contributed by atoms with Crippen molar-refractivity contribution in [3.63, 3.8) is 0 Å². The summed E-state index contributed by atoms with van der Waals surface area (Å²) >= 11 is 0. The first kappa shape index (κ1) is 14.6. The van der Waals surface area contributed by atoms with Gasteiger partial charge < -0.3 is 10.5 Å². The molecule has 0 fully saturated rings. The van der Waals surface area contributed by atoms with Crippen molar-refractivity contribution in [3.8, 4) is 5.75 Å². The van der Waals surface area contributed by atoms with Gasteiger partial charge in [-0.1, -0.05) is 6.92 Å². The zero-order valence-corrected chi connectivity index (χ0v) is 10.6. The predicted molar refractivity (Wildman–Crippen MR) is 67.0 cm³/mol. The highest BCUT2D eigenvalue weighted by Gasteiger charge is 2.20. The van der Waals surface area contributed by atoms with Gasteiger partial charge in [0.2, 0.25) is 0 Å². The molecule has 2 N–H and O–H groups in total. The van der Waals surface area contributed by atoms with Gasteiger partial charge in [0, 0.05) is 12.1 Å². The molecule has 1 rings (SSSR count). The van der Waals surface area contributed by atoms with Crippen LogP contribution in [0.25, 0.3) is 0 Å². The van der Waals surface area contributed by atoms with Crippen LogP contribution in [0.2, 0.25) is 0 Å². The standard InChI is InChI=1S/C12H14N2O5/c1-3-10(12(13)16)19-11-5-4-8(14(17)18)6-9(11)7(2)15/h4-6,10H,3H2,1-2H3,(H2,13,16). The number of nitrogens with zero attached hydrogens (tertiary/aromatic N) is 1. The first-order valence-corrected chi connectivity index (χ1v) is 5.62. The van der Waals surface area contributed by atoms with Gasteiger partial charge in [0.15, 0.2) is 11.9 Å². The Morgan fingerprint density at radius 1 is 1.47 bits per heavy atom. The molecule has 0 saturated heterocycles. The van der Waals surface area contributed by atoms with Gasteiger partial charge >= 0.3 is 0 Å². The van der Waals surface area contributed by atoms with Crippen LogP contribution in [0.3, 0.4) is 0 Å². The molecule has 19 heavy (non-hydrogen) atoms. The molecule has 0 aliphatic carbocycles. The van der Waals surface area contributed by atoms with Crippen LogP contribution in [-0.2, 0) is 4.79 Å². The highest BCUT2D eigenvalue weighted by atomic mass is 16.6. The normalized spacial score (nSPS) is 11.7. The highest BCUT2D eigenvalue weighted by Crippen LogP contribution is 2.26. The molecule has 1 aromatic rings. The molecule has 1 unspecified atom stereocenters. The lowest BCUT2D eigenvalue weighted by Crippen LogP contribution is -2.33. The Morgan fingerprint density at radius 2 is 2.11 bits per heavy atom. The Morgan fingerprint density at radius 3 is 2.53 bits per heavy atom. The molecule has 0 radical (unpaired) electrons. The largest absolute Gasteiger partial charge is 0.480 e. The third kappa shape index (κ3) is 3.51. The Bertz CT molecular complexity index is 527. The van der Waals surface area contributed by atoms with Gasteiger partial charge in [0.25, 0.3) is 11.6 Å². The summed E-state index contributed by atoms with van der Waals surface area (Å²) in [6.45, 7) is 2.96. The molecule has 7 heteroatoms. The SMILES string of the molecule is CCC(Oc1ccc([N+](=O)[O-])cc1C(C)=O)C(N)=O. The molecule has 7 nitrogen and oxygen atoms in total. The fourth-order valence-electron chi connectivity index (χ4n) is 1.51. The molecule has 0 aromatic heterocycles. The van der Waals surface area contributed by atoms with Crippen LogP contribution in [0.5, 0.6) is 5.75 Å². The summed E-state index contributed by atoms with van der Waals surface area (Å²) in [5.74, 6) is -0.933. The quantitative estimate of drug-likeness (QED) is 0.475. The van der Waals surface area contributed by atoms with Crippen molar-refractivity contribution < 1.29 is 19.2 Å². The third-order valence-electron chi connectivity index (χ3n) is 2.51. The van der Waals surface area contributed by atoms with Crippen LogP contribution in [0.4, 0.5) is 5.69 Å². The molecular formula is C12H14N2O5. The van der Waals surface area contributed by atoms with E-state index in [0.29, 0.717) is 6.42 Å². The number of ketones is 1. The number of carbonyl (C=O) groups is 2. The maximum Gasteiger partial charge on any atom is 0.270 e. The average Bonchev–Trinajstić information content (AvgIpc) is 2.35. The molecule has 0 aliphatic rings. The van der Waals surface area contributed by atoms with Gasteiger partial charge in [-0.05, 0) is 19.4 Å². The van der Waals surface area contributed by atoms with Crippen LogP contribution >= 0.6 is 0 Å². The van der Waals surface area contributed by atoms with E-state index in [1.165, 1.54) is 19.1 Å². The Balaban J connectivity index is 3.16. The number of amides is 1. The summed E-state index contributed by atoms with van der Waals surface area (Å²) in [6.07, 6.45) is -0.538. The minimum absolute atomic E-state index is 0.0499. The smallest absolute Gasteiger partial charge is 0.270 e. The van der Waals surface area contributed by atoms with Crippen LogP contribution in [0.15, 0.2) is 18.2 Å². The van der Waals surface area contributed by atoms with E-state index in [2.05, 4.69) is 0 Å². The maximum atomic E-state index is 11.5. The van der Waals surface area contributed by atoms with Crippen molar-refractivity contribution in [2.45, 2.75) is 26.4 Å². The second kappa shape index (κ2) is 5.94. The first-order chi connectivity index (χ1) is 8.86. The number of Topliss-reactive ketones (excluding diaryl/α,β-unsaturated/α-hetero) is 1. The van der Waals surface area contributed by atoms with E-state index in [0.717, 1.165) is 6.07 Å². The number of ether oxygens (including phenoxy) is 1. The van der Waals surface area contributed by atoms with Gasteiger partial charge in [-0.2, -0.15) is 0 Å². The number of non-ortho nitro benzene ring substituents is 1. The highest BCUT2D eigenvalue weighted by molar-refractivity contribution is 5.97. The number of nitro benzene ring substituents is 1. The second-order valence-corrected chi connectivity index (χ2v) is 3.91. The Labute approximate surface area is 109 Å². The molecule has 0 spiro atoms. The number of rotatable bonds is 6. The van der Waals surface area contributed by atoms with E-state index in [-0.39, 0.29) is 17.0 Å². The van der Waals surface area contributed by atoms with Gasteiger partial charge in [-0.3, -0.25) is 19.7 Å². The lowest BCUT2D eigenvalue weighted by molar-refractivity contribution is -0.384. The maximum absolute atomic E-state index is 11.5. The van der Waals surface area contributed by atoms with E-state index < -0.39 is 22.7 Å². The predicted octanol–water partition coefficient (Wildman–Crippen LogP) is 1.44. The molecule has 1 atom stereocenters. The molecule has 1 aromatic carbocycles. The molecule has 0 aliphatic heterocycles. The summed E-state index contributed by atoms with van der Waals surface area (Å²) in [6, 6.07) is 3.61. The number of nitrogens with two attached hydrogens (primary N) is 1. The van der Waals surface area contributed by atoms with Gasteiger partial charge in [0.1, 0.15) is 5.75 Å². The Kier molecular flexibility index (Phi) is 4.57. The Hall–Kier alpha value is -2.44. The molecule has 102 valence electrons. The van der Waals surface area contributed by atoms with E-state index in [9.17, 15) is 19.7 Å². The van der Waals surface area contributed by atoms with Crippen LogP contribution in [-0.4, -0.2) is 22.7 Å². The van der Waals surface area contributed by atoms with E-state index in [1.807, 2.05) is 0 Å². The summed E-state index contributed by atoms with van der Waals surface area (Å²) in [7, 11) is 0. The third-order valence-corrected chi connectivity index (χ3v) is 2.51. The van der Waals surface area contributed by atoms with Gasteiger partial charge in [-0.15, -0.1) is 0 Å². The fraction of sp³-hybridized carbons (Fsp3) is 0.333. The van der Waals surface area contributed by atoms with Crippen molar-refractivity contribution in [2.75, 3.05) is 0 Å². The van der Waals surface area contributed by atoms with Crippen LogP contribution in [0.1, 0.15) is 30.6 Å². The summed E-state index contributed by atoms with van der Waals surface area (Å²) < 4.78 is 5.33. The van der Waals surface area contributed by atoms with Crippen molar-refractivity contribution >= 4 is 17.4 Å². The number of primary amides is 1. The molecular weight excluding hydrogens is 252 g/mol. The number of benzene rings is 1. The average molecular weight is 266 g/mol. The molecule has 0 saturated carbocycles. The van der Waals surface area contributed by atoms with Crippen molar-refractivity contribution in [2.24, 2.45) is 5.73 Å². The fourth-order valence-corrected chi connectivity index (χ4v) is 1.51. The van der Waals surface area contributed by atoms with Gasteiger partial charge in [-0.25, -0.2) is 0 Å². The monoisotopic (exact) mass is 266 g/mol. The van der Waals surface area contributed by atoms with E-state index >= 15 is 0 Å². The zero-order chi connectivity index (χ0) is 14.6. The number of nitro groups is 1. The summed E-state index contributed by atoms with van der Waals surface area (Å²) in [5.41, 5.74) is 4.97. The molecule has 0 bridgehead atoms. The van der Waals surface area contributed by atoms with Crippen molar-refractivity contribution in [1.29, 1.82) is 0 Å². The zero-order valence-electron chi connectivity index (χ0n) is 10.6. The van der Waals surface area contributed by atoms with Crippen LogP contribution < -0.4 is 10.5 Å². The van der Waals surface area contributed by atoms with Crippen molar-refractivity contribution in [1.82, 2.24) is 0 Å². The van der Waals surface area contributed by atoms with Crippen LogP contribution in [0, 0.1) is 10.1 Å². The lowest BCUT2D eigenvalue weighted by Gasteiger charge is -2.15. The topological polar surface area (TPSA) is 113 Å². The minimum atomic E-state index is -0.875. The number of carbonyl (C=O) groups excluding carboxylic acids is 2. The van der Waals surface area contributed by atoms with Gasteiger partial charge in [0.05, 0.1) is 10.5 Å². The lowest BCUT2D eigenvalue weighted by atomic mass is 10.1. The molecule has 0 heterocycles. The molecule has 1 amide bonds. The summed E-state index contributed by atoms with van der Waals surface area (Å²) in [5, 5.41) is 10.7. The minimum Gasteiger partial charge on any atom is -0.480 e. The van der Waals surface area contributed by atoms with Crippen molar-refractivity contribution in [3.05, 3.63) is 33.9 Å². The van der Waals surface area contributed by atoms with E-state index in [4.69, 9.17) is 10.5 Å². The summed E-state index contributed by atoms with van der Waals surface area (Å²) in [4.78, 5) is 32.6. The first-order valence-electron chi connectivity index (χ1n) is 5.62. The number of hydrogen-bond acceptors (Lipinski definition) is 5.